The van der Waals surface area contributed by atoms with Crippen LogP contribution in [0.4, 0.5) is 0 Å². The Bertz CT molecular complexity index is 627. The second-order valence-electron chi connectivity index (χ2n) is 10.8. The predicted molar refractivity (Wildman–Crippen MR) is 142 cm³/mol. The van der Waals surface area contributed by atoms with E-state index in [2.05, 4.69) is 32.6 Å². The van der Waals surface area contributed by atoms with Crippen molar-refractivity contribution < 1.29 is 19.5 Å². The summed E-state index contributed by atoms with van der Waals surface area (Å²) in [6, 6.07) is -1.66. The van der Waals surface area contributed by atoms with Crippen molar-refractivity contribution in [1.29, 1.82) is 0 Å². The lowest BCUT2D eigenvalue weighted by atomic mass is 9.97. The number of hydrogen-bond donors (Lipinski definition) is 2. The molecule has 8 nitrogen and oxygen atoms in total. The molecule has 0 saturated heterocycles. The third kappa shape index (κ3) is 13.0. The van der Waals surface area contributed by atoms with Crippen LogP contribution in [0.5, 0.6) is 0 Å². The quantitative estimate of drug-likeness (QED) is 0.296. The van der Waals surface area contributed by atoms with Crippen LogP contribution in [0.3, 0.4) is 0 Å². The first-order valence-electron chi connectivity index (χ1n) is 12.4. The second kappa shape index (κ2) is 15.6. The lowest BCUT2D eigenvalue weighted by Crippen LogP contribution is -2.56. The Labute approximate surface area is 212 Å². The highest BCUT2D eigenvalue weighted by Crippen LogP contribution is 2.19. The van der Waals surface area contributed by atoms with E-state index in [9.17, 15) is 19.5 Å². The van der Waals surface area contributed by atoms with Crippen LogP contribution in [0, 0.1) is 11.8 Å². The Hall–Kier alpha value is -1.32. The number of hydrogen-bond acceptors (Lipinski definition) is 6. The zero-order valence-electron chi connectivity index (χ0n) is 23.0. The molecular formula is C25H50N4O4S. The Morgan fingerprint density at radius 1 is 0.971 bits per heavy atom. The van der Waals surface area contributed by atoms with E-state index in [-0.39, 0.29) is 18.2 Å². The molecule has 0 aliphatic heterocycles. The van der Waals surface area contributed by atoms with E-state index < -0.39 is 23.6 Å². The number of likely N-dealkylation sites (N-methyl/N-ethyl adjacent to an activating group) is 2. The van der Waals surface area contributed by atoms with E-state index in [1.54, 1.807) is 32.7 Å². The molecule has 0 aromatic carbocycles. The molecule has 0 heterocycles. The first kappa shape index (κ1) is 32.7. The molecule has 0 fully saturated rings. The molecule has 9 heteroatoms. The van der Waals surface area contributed by atoms with Gasteiger partial charge in [-0.05, 0) is 32.1 Å². The van der Waals surface area contributed by atoms with Gasteiger partial charge in [0.15, 0.2) is 0 Å². The van der Waals surface area contributed by atoms with Gasteiger partial charge in [-0.15, -0.1) is 0 Å². The van der Waals surface area contributed by atoms with E-state index in [1.807, 2.05) is 6.92 Å². The van der Waals surface area contributed by atoms with E-state index in [1.165, 1.54) is 16.8 Å². The fraction of sp³-hybridized carbons (Fsp3) is 0.880. The molecule has 0 bridgehead atoms. The normalized spacial score (nSPS) is 13.9. The van der Waals surface area contributed by atoms with Gasteiger partial charge in [-0.1, -0.05) is 34.6 Å². The summed E-state index contributed by atoms with van der Waals surface area (Å²) < 4.78 is 0. The number of carbonyl (C=O) groups is 3. The van der Waals surface area contributed by atoms with Gasteiger partial charge in [0.2, 0.25) is 17.7 Å². The van der Waals surface area contributed by atoms with Crippen molar-refractivity contribution in [2.75, 3.05) is 45.2 Å². The monoisotopic (exact) mass is 502 g/mol. The topological polar surface area (TPSA) is 107 Å². The highest BCUT2D eigenvalue weighted by Gasteiger charge is 2.36. The highest BCUT2D eigenvalue weighted by molar-refractivity contribution is 7.99. The highest BCUT2D eigenvalue weighted by atomic mass is 32.2. The van der Waals surface area contributed by atoms with Crippen LogP contribution in [-0.4, -0.2) is 100 Å². The summed E-state index contributed by atoms with van der Waals surface area (Å²) in [5.41, 5.74) is 4.40. The number of carbonyl (C=O) groups excluding carboxylic acids is 3. The number of primary amides is 1. The van der Waals surface area contributed by atoms with Gasteiger partial charge >= 0.3 is 0 Å². The minimum atomic E-state index is -1.17. The van der Waals surface area contributed by atoms with Gasteiger partial charge in [0, 0.05) is 58.1 Å². The summed E-state index contributed by atoms with van der Waals surface area (Å²) >= 11 is 1.64. The maximum atomic E-state index is 13.5. The average Bonchev–Trinajstić information content (AvgIpc) is 2.69. The molecule has 0 aromatic heterocycles. The number of amides is 3. The van der Waals surface area contributed by atoms with Crippen molar-refractivity contribution in [2.45, 2.75) is 85.4 Å². The smallest absolute Gasteiger partial charge is 0.246 e. The van der Waals surface area contributed by atoms with E-state index in [4.69, 9.17) is 5.73 Å². The largest absolute Gasteiger partial charge is 0.390 e. The van der Waals surface area contributed by atoms with Crippen molar-refractivity contribution in [3.63, 3.8) is 0 Å². The van der Waals surface area contributed by atoms with E-state index in [0.717, 1.165) is 25.4 Å². The number of rotatable bonds is 17. The molecule has 0 aliphatic rings. The molecule has 0 saturated carbocycles. The molecule has 200 valence electrons. The van der Waals surface area contributed by atoms with Gasteiger partial charge in [0.05, 0.1) is 5.60 Å². The standard InChI is InChI=1S/C25H50N4O4S/c1-10-11-22(30)27(8)21(17-34-13-12-29(15-18(2)3)16-19(4)5)24(32)28(9)20(23(26)31)14-25(6,7)33/h18-21,33H,10-17H2,1-9H3,(H2,26,31)/t20-,21+/m0/s1. The first-order valence-corrected chi connectivity index (χ1v) is 13.6. The zero-order valence-corrected chi connectivity index (χ0v) is 23.8. The zero-order chi connectivity index (χ0) is 26.6. The first-order chi connectivity index (χ1) is 15.6. The van der Waals surface area contributed by atoms with Crippen LogP contribution in [0.25, 0.3) is 0 Å². The number of aliphatic hydroxyl groups is 1. The van der Waals surface area contributed by atoms with Crippen LogP contribution < -0.4 is 5.73 Å². The Balaban J connectivity index is 5.46. The van der Waals surface area contributed by atoms with Gasteiger partial charge in [0.25, 0.3) is 0 Å². The van der Waals surface area contributed by atoms with Crippen LogP contribution in [0.2, 0.25) is 0 Å². The molecule has 0 rings (SSSR count). The molecule has 3 N–H and O–H groups in total. The molecule has 3 amide bonds. The molecule has 2 atom stereocenters. The van der Waals surface area contributed by atoms with E-state index in [0.29, 0.717) is 30.4 Å². The summed E-state index contributed by atoms with van der Waals surface area (Å²) in [5, 5.41) is 10.2. The van der Waals surface area contributed by atoms with Crippen LogP contribution >= 0.6 is 11.8 Å². The molecule has 0 aliphatic carbocycles. The Kier molecular flexibility index (Phi) is 15.0. The SMILES string of the molecule is CCCC(=O)N(C)[C@H](CSCCN(CC(C)C)CC(C)C)C(=O)N(C)[C@@H](CC(C)(C)O)C(N)=O. The second-order valence-corrected chi connectivity index (χ2v) is 11.9. The van der Waals surface area contributed by atoms with Crippen molar-refractivity contribution in [2.24, 2.45) is 17.6 Å². The fourth-order valence-corrected chi connectivity index (χ4v) is 5.02. The van der Waals surface area contributed by atoms with E-state index >= 15 is 0 Å². The molecular weight excluding hydrogens is 452 g/mol. The number of thioether (sulfide) groups is 1. The van der Waals surface area contributed by atoms with Crippen molar-refractivity contribution in [1.82, 2.24) is 14.7 Å². The van der Waals surface area contributed by atoms with Crippen LogP contribution in [-0.2, 0) is 14.4 Å². The summed E-state index contributed by atoms with van der Waals surface area (Å²) in [7, 11) is 3.17. The van der Waals surface area contributed by atoms with Gasteiger partial charge in [-0.3, -0.25) is 14.4 Å². The van der Waals surface area contributed by atoms with Crippen molar-refractivity contribution in [3.8, 4) is 0 Å². The third-order valence-corrected chi connectivity index (χ3v) is 6.54. The summed E-state index contributed by atoms with van der Waals surface area (Å²) in [5.74, 6) is 1.30. The van der Waals surface area contributed by atoms with Crippen molar-refractivity contribution >= 4 is 29.5 Å². The summed E-state index contributed by atoms with van der Waals surface area (Å²) in [6.45, 7) is 16.9. The third-order valence-electron chi connectivity index (χ3n) is 5.52. The summed E-state index contributed by atoms with van der Waals surface area (Å²) in [6.07, 6.45) is 1.07. The Morgan fingerprint density at radius 2 is 1.50 bits per heavy atom. The van der Waals surface area contributed by atoms with Gasteiger partial charge in [-0.2, -0.15) is 11.8 Å². The Morgan fingerprint density at radius 3 is 1.91 bits per heavy atom. The molecule has 0 radical (unpaired) electrons. The van der Waals surface area contributed by atoms with Gasteiger partial charge < -0.3 is 25.5 Å². The minimum Gasteiger partial charge on any atom is -0.390 e. The maximum absolute atomic E-state index is 13.5. The van der Waals surface area contributed by atoms with Gasteiger partial charge in [0.1, 0.15) is 12.1 Å². The molecule has 0 spiro atoms. The number of nitrogens with zero attached hydrogens (tertiary/aromatic N) is 3. The predicted octanol–water partition coefficient (Wildman–Crippen LogP) is 2.43. The summed E-state index contributed by atoms with van der Waals surface area (Å²) in [4.78, 5) is 43.4. The van der Waals surface area contributed by atoms with Gasteiger partial charge in [-0.25, -0.2) is 0 Å². The lowest BCUT2D eigenvalue weighted by molar-refractivity contribution is -0.147. The lowest BCUT2D eigenvalue weighted by Gasteiger charge is -2.35. The molecule has 34 heavy (non-hydrogen) atoms. The van der Waals surface area contributed by atoms with Crippen LogP contribution in [0.15, 0.2) is 0 Å². The maximum Gasteiger partial charge on any atom is 0.246 e. The fourth-order valence-electron chi connectivity index (χ4n) is 3.88. The van der Waals surface area contributed by atoms with Crippen molar-refractivity contribution in [3.05, 3.63) is 0 Å². The average molecular weight is 503 g/mol. The number of nitrogens with two attached hydrogens (primary N) is 1. The molecule has 0 aromatic rings. The molecule has 0 unspecified atom stereocenters. The van der Waals surface area contributed by atoms with Crippen LogP contribution in [0.1, 0.15) is 67.7 Å². The minimum absolute atomic E-state index is 0.0242.